The molecule has 6 heteroatoms. The molecule has 4 nitrogen and oxygen atoms in total. The Labute approximate surface area is 131 Å². The Morgan fingerprint density at radius 3 is 2.63 bits per heavy atom. The molecule has 0 radical (unpaired) electrons. The molecule has 0 fully saturated rings. The highest BCUT2D eigenvalue weighted by molar-refractivity contribution is 14.1. The summed E-state index contributed by atoms with van der Waals surface area (Å²) in [7, 11) is 1.30. The molecule has 0 heterocycles. The van der Waals surface area contributed by atoms with Gasteiger partial charge in [-0.3, -0.25) is 9.59 Å². The third-order valence-electron chi connectivity index (χ3n) is 2.49. The summed E-state index contributed by atoms with van der Waals surface area (Å²) in [4.78, 5) is 25.1. The molecule has 0 aliphatic rings. The smallest absolute Gasteiger partial charge is 0.325 e. The van der Waals surface area contributed by atoms with Gasteiger partial charge in [0.15, 0.2) is 0 Å². The predicted molar refractivity (Wildman–Crippen MR) is 82.4 cm³/mol. The molecule has 0 atom stereocenters. The number of hydrogen-bond donors (Lipinski definition) is 0. The van der Waals surface area contributed by atoms with Crippen LogP contribution in [0.5, 0.6) is 0 Å². The molecule has 1 aromatic carbocycles. The van der Waals surface area contributed by atoms with Crippen molar-refractivity contribution in [2.45, 2.75) is 13.3 Å². The molecule has 19 heavy (non-hydrogen) atoms. The van der Waals surface area contributed by atoms with Gasteiger partial charge in [0.05, 0.1) is 12.1 Å². The Morgan fingerprint density at radius 2 is 2.11 bits per heavy atom. The van der Waals surface area contributed by atoms with Crippen LogP contribution < -0.4 is 0 Å². The van der Waals surface area contributed by atoms with Crippen molar-refractivity contribution in [3.63, 3.8) is 0 Å². The summed E-state index contributed by atoms with van der Waals surface area (Å²) in [5.41, 5.74) is 0.475. The van der Waals surface area contributed by atoms with Crippen LogP contribution in [-0.4, -0.2) is 37.0 Å². The lowest BCUT2D eigenvalue weighted by atomic mass is 10.2. The molecular weight excluding hydrogens is 381 g/mol. The van der Waals surface area contributed by atoms with E-state index in [4.69, 9.17) is 11.6 Å². The Kier molecular flexibility index (Phi) is 6.57. The minimum Gasteiger partial charge on any atom is -0.468 e. The highest BCUT2D eigenvalue weighted by Gasteiger charge is 2.19. The number of amides is 1. The minimum atomic E-state index is -0.432. The first-order valence-corrected chi connectivity index (χ1v) is 7.26. The normalized spacial score (nSPS) is 10.1. The second kappa shape index (κ2) is 7.69. The summed E-state index contributed by atoms with van der Waals surface area (Å²) >= 11 is 8.10. The fraction of sp³-hybridized carbons (Fsp3) is 0.385. The maximum atomic E-state index is 12.3. The Bertz CT molecular complexity index is 479. The third kappa shape index (κ3) is 4.65. The van der Waals surface area contributed by atoms with E-state index < -0.39 is 5.97 Å². The van der Waals surface area contributed by atoms with Gasteiger partial charge in [0, 0.05) is 15.7 Å². The minimum absolute atomic E-state index is 0.0488. The standard InChI is InChI=1S/C13H15ClINO3/c1-3-6-16(8-12(17)19-2)13(18)9-4-5-11(15)10(14)7-9/h4-5,7H,3,6,8H2,1-2H3. The number of nitrogens with zero attached hydrogens (tertiary/aromatic N) is 1. The van der Waals surface area contributed by atoms with E-state index >= 15 is 0 Å². The second-order valence-corrected chi connectivity index (χ2v) is 5.50. The molecule has 0 saturated heterocycles. The molecule has 0 unspecified atom stereocenters. The van der Waals surface area contributed by atoms with Crippen molar-refractivity contribution in [1.29, 1.82) is 0 Å². The summed E-state index contributed by atoms with van der Waals surface area (Å²) in [6.07, 6.45) is 0.765. The van der Waals surface area contributed by atoms with Crippen molar-refractivity contribution in [2.75, 3.05) is 20.2 Å². The Morgan fingerprint density at radius 1 is 1.42 bits per heavy atom. The van der Waals surface area contributed by atoms with Gasteiger partial charge in [-0.05, 0) is 47.2 Å². The molecule has 104 valence electrons. The van der Waals surface area contributed by atoms with Crippen molar-refractivity contribution >= 4 is 46.1 Å². The maximum Gasteiger partial charge on any atom is 0.325 e. The first kappa shape index (κ1) is 16.2. The Hall–Kier alpha value is -0.820. The maximum absolute atomic E-state index is 12.3. The number of esters is 1. The van der Waals surface area contributed by atoms with Crippen LogP contribution >= 0.6 is 34.2 Å². The van der Waals surface area contributed by atoms with E-state index in [2.05, 4.69) is 27.3 Å². The van der Waals surface area contributed by atoms with Crippen LogP contribution in [0, 0.1) is 3.57 Å². The highest BCUT2D eigenvalue weighted by Crippen LogP contribution is 2.20. The van der Waals surface area contributed by atoms with E-state index in [0.717, 1.165) is 9.99 Å². The molecule has 0 aliphatic heterocycles. The fourth-order valence-electron chi connectivity index (χ4n) is 1.55. The zero-order valence-electron chi connectivity index (χ0n) is 10.8. The number of ether oxygens (including phenoxy) is 1. The number of methoxy groups -OCH3 is 1. The number of carbonyl (C=O) groups is 2. The molecule has 0 aromatic heterocycles. The largest absolute Gasteiger partial charge is 0.468 e. The van der Waals surface area contributed by atoms with Crippen molar-refractivity contribution in [3.8, 4) is 0 Å². The number of rotatable bonds is 5. The number of benzene rings is 1. The van der Waals surface area contributed by atoms with Gasteiger partial charge < -0.3 is 9.64 Å². The SMILES string of the molecule is CCCN(CC(=O)OC)C(=O)c1ccc(I)c(Cl)c1. The summed E-state index contributed by atoms with van der Waals surface area (Å²) in [5, 5.41) is 0.529. The first-order chi connectivity index (χ1) is 8.99. The molecule has 0 spiro atoms. The first-order valence-electron chi connectivity index (χ1n) is 5.80. The topological polar surface area (TPSA) is 46.6 Å². The van der Waals surface area contributed by atoms with Crippen LogP contribution in [0.4, 0.5) is 0 Å². The molecule has 0 N–H and O–H groups in total. The number of halogens is 2. The van der Waals surface area contributed by atoms with Crippen LogP contribution in [0.25, 0.3) is 0 Å². The lowest BCUT2D eigenvalue weighted by Crippen LogP contribution is -2.36. The highest BCUT2D eigenvalue weighted by atomic mass is 127. The van der Waals surface area contributed by atoms with Crippen LogP contribution in [-0.2, 0) is 9.53 Å². The molecule has 0 saturated carbocycles. The molecular formula is C13H15ClINO3. The van der Waals surface area contributed by atoms with Crippen molar-refractivity contribution in [1.82, 2.24) is 4.90 Å². The third-order valence-corrected chi connectivity index (χ3v) is 4.07. The van der Waals surface area contributed by atoms with Crippen LogP contribution in [0.15, 0.2) is 18.2 Å². The monoisotopic (exact) mass is 395 g/mol. The van der Waals surface area contributed by atoms with Crippen molar-refractivity contribution in [2.24, 2.45) is 0 Å². The van der Waals surface area contributed by atoms with Gasteiger partial charge in [0.25, 0.3) is 5.91 Å². The van der Waals surface area contributed by atoms with Gasteiger partial charge in [-0.1, -0.05) is 18.5 Å². The van der Waals surface area contributed by atoms with Gasteiger partial charge in [-0.15, -0.1) is 0 Å². The van der Waals surface area contributed by atoms with E-state index in [0.29, 0.717) is 17.1 Å². The summed E-state index contributed by atoms with van der Waals surface area (Å²) < 4.78 is 5.48. The van der Waals surface area contributed by atoms with Crippen LogP contribution in [0.1, 0.15) is 23.7 Å². The molecule has 0 bridgehead atoms. The molecule has 0 aliphatic carbocycles. The molecule has 1 amide bonds. The van der Waals surface area contributed by atoms with Gasteiger partial charge in [-0.2, -0.15) is 0 Å². The van der Waals surface area contributed by atoms with E-state index in [-0.39, 0.29) is 12.5 Å². The fourth-order valence-corrected chi connectivity index (χ4v) is 2.07. The van der Waals surface area contributed by atoms with Crippen LogP contribution in [0.3, 0.4) is 0 Å². The number of hydrogen-bond acceptors (Lipinski definition) is 3. The summed E-state index contributed by atoms with van der Waals surface area (Å²) in [6, 6.07) is 5.10. The van der Waals surface area contributed by atoms with Crippen LogP contribution in [0.2, 0.25) is 5.02 Å². The van der Waals surface area contributed by atoms with Gasteiger partial charge in [0.2, 0.25) is 0 Å². The Balaban J connectivity index is 2.91. The van der Waals surface area contributed by atoms with Gasteiger partial charge >= 0.3 is 5.97 Å². The predicted octanol–water partition coefficient (Wildman–Crippen LogP) is 2.97. The second-order valence-electron chi connectivity index (χ2n) is 3.93. The molecule has 1 aromatic rings. The number of carbonyl (C=O) groups excluding carboxylic acids is 2. The quantitative estimate of drug-likeness (QED) is 0.569. The van der Waals surface area contributed by atoms with E-state index in [1.165, 1.54) is 12.0 Å². The van der Waals surface area contributed by atoms with E-state index in [1.54, 1.807) is 18.2 Å². The molecule has 1 rings (SSSR count). The van der Waals surface area contributed by atoms with Crippen molar-refractivity contribution in [3.05, 3.63) is 32.4 Å². The zero-order chi connectivity index (χ0) is 14.4. The zero-order valence-corrected chi connectivity index (χ0v) is 13.7. The summed E-state index contributed by atoms with van der Waals surface area (Å²) in [5.74, 6) is -0.649. The van der Waals surface area contributed by atoms with Gasteiger partial charge in [0.1, 0.15) is 6.54 Å². The summed E-state index contributed by atoms with van der Waals surface area (Å²) in [6.45, 7) is 2.39. The average Bonchev–Trinajstić information content (AvgIpc) is 2.40. The van der Waals surface area contributed by atoms with E-state index in [9.17, 15) is 9.59 Å². The van der Waals surface area contributed by atoms with Crippen molar-refractivity contribution < 1.29 is 14.3 Å². The average molecular weight is 396 g/mol. The lowest BCUT2D eigenvalue weighted by Gasteiger charge is -2.21. The lowest BCUT2D eigenvalue weighted by molar-refractivity contribution is -0.141. The van der Waals surface area contributed by atoms with Gasteiger partial charge in [-0.25, -0.2) is 0 Å². The van der Waals surface area contributed by atoms with E-state index in [1.807, 2.05) is 6.92 Å².